The second kappa shape index (κ2) is 9.87. The van der Waals surface area contributed by atoms with E-state index in [2.05, 4.69) is 15.8 Å². The topological polar surface area (TPSA) is 79.8 Å². The van der Waals surface area contributed by atoms with Gasteiger partial charge in [-0.25, -0.2) is 5.43 Å². The van der Waals surface area contributed by atoms with Crippen LogP contribution in [0.1, 0.15) is 54.9 Å². The van der Waals surface area contributed by atoms with Crippen LogP contribution in [0.5, 0.6) is 5.75 Å². The van der Waals surface area contributed by atoms with Gasteiger partial charge in [0.15, 0.2) is 0 Å². The lowest BCUT2D eigenvalue weighted by atomic mass is 9.88. The molecule has 152 valence electrons. The first-order valence-corrected chi connectivity index (χ1v) is 9.97. The number of methoxy groups -OCH3 is 1. The summed E-state index contributed by atoms with van der Waals surface area (Å²) in [6, 6.07) is 14.3. The van der Waals surface area contributed by atoms with Gasteiger partial charge in [0.05, 0.1) is 12.8 Å². The van der Waals surface area contributed by atoms with Crippen molar-refractivity contribution < 1.29 is 14.3 Å². The molecule has 2 aromatic carbocycles. The summed E-state index contributed by atoms with van der Waals surface area (Å²) in [7, 11) is 1.61. The maximum absolute atomic E-state index is 12.3. The first-order chi connectivity index (χ1) is 14.1. The highest BCUT2D eigenvalue weighted by Crippen LogP contribution is 2.25. The van der Waals surface area contributed by atoms with E-state index in [1.165, 1.54) is 6.42 Å². The number of ether oxygens (including phenoxy) is 1. The van der Waals surface area contributed by atoms with Gasteiger partial charge in [0.25, 0.3) is 5.91 Å². The molecule has 0 heterocycles. The number of amides is 2. The minimum Gasteiger partial charge on any atom is -0.497 e. The molecule has 1 aliphatic rings. The zero-order chi connectivity index (χ0) is 20.6. The number of hydrogen-bond donors (Lipinski definition) is 2. The Labute approximate surface area is 171 Å². The van der Waals surface area contributed by atoms with E-state index in [0.29, 0.717) is 17.0 Å². The number of hydrogen-bond acceptors (Lipinski definition) is 4. The number of nitrogens with zero attached hydrogens (tertiary/aromatic N) is 1. The molecule has 0 aromatic heterocycles. The van der Waals surface area contributed by atoms with E-state index in [9.17, 15) is 9.59 Å². The lowest BCUT2D eigenvalue weighted by molar-refractivity contribution is -0.120. The van der Waals surface area contributed by atoms with Crippen molar-refractivity contribution in [3.8, 4) is 5.75 Å². The molecule has 6 heteroatoms. The highest BCUT2D eigenvalue weighted by Gasteiger charge is 2.21. The Kier molecular flexibility index (Phi) is 7.00. The smallest absolute Gasteiger partial charge is 0.271 e. The third kappa shape index (κ3) is 5.67. The van der Waals surface area contributed by atoms with E-state index in [0.717, 1.165) is 37.0 Å². The second-order valence-corrected chi connectivity index (χ2v) is 7.27. The summed E-state index contributed by atoms with van der Waals surface area (Å²) in [5, 5.41) is 7.12. The Balaban J connectivity index is 1.55. The van der Waals surface area contributed by atoms with E-state index in [1.54, 1.807) is 31.4 Å². The molecular weight excluding hydrogens is 366 g/mol. The van der Waals surface area contributed by atoms with Gasteiger partial charge in [0.2, 0.25) is 5.91 Å². The summed E-state index contributed by atoms with van der Waals surface area (Å²) < 4.78 is 5.14. The summed E-state index contributed by atoms with van der Waals surface area (Å²) in [6.07, 6.45) is 5.37. The average molecular weight is 393 g/mol. The summed E-state index contributed by atoms with van der Waals surface area (Å²) in [6.45, 7) is 1.83. The Bertz CT molecular complexity index is 867. The van der Waals surface area contributed by atoms with Gasteiger partial charge in [-0.2, -0.15) is 5.10 Å². The Morgan fingerprint density at radius 3 is 2.17 bits per heavy atom. The SMILES string of the molecule is COc1ccc(/C(C)=N/NC(=O)c2ccc(NC(=O)C3CCCCC3)cc2)cc1. The second-order valence-electron chi connectivity index (χ2n) is 7.27. The molecule has 0 bridgehead atoms. The van der Waals surface area contributed by atoms with E-state index < -0.39 is 0 Å². The first kappa shape index (κ1) is 20.6. The largest absolute Gasteiger partial charge is 0.497 e. The Morgan fingerprint density at radius 1 is 0.931 bits per heavy atom. The maximum Gasteiger partial charge on any atom is 0.271 e. The molecular formula is C23H27N3O3. The highest BCUT2D eigenvalue weighted by molar-refractivity contribution is 6.01. The van der Waals surface area contributed by atoms with Crippen molar-refractivity contribution in [2.75, 3.05) is 12.4 Å². The Morgan fingerprint density at radius 2 is 1.55 bits per heavy atom. The fourth-order valence-electron chi connectivity index (χ4n) is 3.41. The molecule has 1 fully saturated rings. The number of rotatable bonds is 6. The van der Waals surface area contributed by atoms with E-state index >= 15 is 0 Å². The van der Waals surface area contributed by atoms with Crippen molar-refractivity contribution >= 4 is 23.2 Å². The van der Waals surface area contributed by atoms with Crippen LogP contribution < -0.4 is 15.5 Å². The van der Waals surface area contributed by atoms with Gasteiger partial charge in [0.1, 0.15) is 5.75 Å². The van der Waals surface area contributed by atoms with Crippen LogP contribution >= 0.6 is 0 Å². The van der Waals surface area contributed by atoms with Crippen molar-refractivity contribution in [2.45, 2.75) is 39.0 Å². The lowest BCUT2D eigenvalue weighted by Gasteiger charge is -2.20. The van der Waals surface area contributed by atoms with E-state index in [1.807, 2.05) is 31.2 Å². The first-order valence-electron chi connectivity index (χ1n) is 9.97. The molecule has 2 N–H and O–H groups in total. The average Bonchev–Trinajstić information content (AvgIpc) is 2.78. The third-order valence-corrected chi connectivity index (χ3v) is 5.22. The highest BCUT2D eigenvalue weighted by atomic mass is 16.5. The molecule has 1 saturated carbocycles. The zero-order valence-corrected chi connectivity index (χ0v) is 16.9. The van der Waals surface area contributed by atoms with Crippen LogP contribution in [0.4, 0.5) is 5.69 Å². The van der Waals surface area contributed by atoms with Crippen LogP contribution in [0.2, 0.25) is 0 Å². The third-order valence-electron chi connectivity index (χ3n) is 5.22. The minimum atomic E-state index is -0.303. The maximum atomic E-state index is 12.3. The number of hydrazone groups is 1. The zero-order valence-electron chi connectivity index (χ0n) is 16.9. The van der Waals surface area contributed by atoms with E-state index in [4.69, 9.17) is 4.74 Å². The van der Waals surface area contributed by atoms with Crippen LogP contribution in [0.25, 0.3) is 0 Å². The van der Waals surface area contributed by atoms with Gasteiger partial charge in [0, 0.05) is 17.2 Å². The predicted octanol–water partition coefficient (Wildman–Crippen LogP) is 4.37. The van der Waals surface area contributed by atoms with Gasteiger partial charge >= 0.3 is 0 Å². The monoisotopic (exact) mass is 393 g/mol. The van der Waals surface area contributed by atoms with Crippen molar-refractivity contribution in [1.82, 2.24) is 5.43 Å². The molecule has 1 aliphatic carbocycles. The molecule has 0 unspecified atom stereocenters. The van der Waals surface area contributed by atoms with Crippen LogP contribution in [-0.2, 0) is 4.79 Å². The summed E-state index contributed by atoms with van der Waals surface area (Å²) >= 11 is 0. The van der Waals surface area contributed by atoms with Crippen molar-refractivity contribution in [1.29, 1.82) is 0 Å². The molecule has 29 heavy (non-hydrogen) atoms. The molecule has 6 nitrogen and oxygen atoms in total. The molecule has 0 radical (unpaired) electrons. The number of anilines is 1. The Hall–Kier alpha value is -3.15. The van der Waals surface area contributed by atoms with Crippen LogP contribution in [0.3, 0.4) is 0 Å². The van der Waals surface area contributed by atoms with Crippen LogP contribution in [0, 0.1) is 5.92 Å². The standard InChI is InChI=1S/C23H27N3O3/c1-16(17-10-14-21(29-2)15-11-17)25-26-23(28)19-8-12-20(13-9-19)24-22(27)18-6-4-3-5-7-18/h8-15,18H,3-7H2,1-2H3,(H,24,27)(H,26,28)/b25-16+. The van der Waals surface area contributed by atoms with Crippen molar-refractivity contribution in [3.05, 3.63) is 59.7 Å². The molecule has 2 amide bonds. The van der Waals surface area contributed by atoms with Gasteiger partial charge in [-0.05, 0) is 73.9 Å². The molecule has 0 saturated heterocycles. The van der Waals surface area contributed by atoms with Crippen LogP contribution in [-0.4, -0.2) is 24.6 Å². The van der Waals surface area contributed by atoms with E-state index in [-0.39, 0.29) is 17.7 Å². The van der Waals surface area contributed by atoms with Crippen molar-refractivity contribution in [3.63, 3.8) is 0 Å². The summed E-state index contributed by atoms with van der Waals surface area (Å²) in [5.74, 6) is 0.632. The minimum absolute atomic E-state index is 0.0709. The van der Waals surface area contributed by atoms with Gasteiger partial charge in [-0.1, -0.05) is 19.3 Å². The predicted molar refractivity (Wildman–Crippen MR) is 114 cm³/mol. The molecule has 0 spiro atoms. The number of carbonyl (C=O) groups excluding carboxylic acids is 2. The quantitative estimate of drug-likeness (QED) is 0.565. The van der Waals surface area contributed by atoms with Crippen molar-refractivity contribution in [2.24, 2.45) is 11.0 Å². The van der Waals surface area contributed by atoms with Gasteiger partial charge in [-0.3, -0.25) is 9.59 Å². The molecule has 0 atom stereocenters. The molecule has 0 aliphatic heterocycles. The number of nitrogens with one attached hydrogen (secondary N) is 2. The number of benzene rings is 2. The lowest BCUT2D eigenvalue weighted by Crippen LogP contribution is -2.24. The van der Waals surface area contributed by atoms with Crippen LogP contribution in [0.15, 0.2) is 53.6 Å². The number of carbonyl (C=O) groups is 2. The fourth-order valence-corrected chi connectivity index (χ4v) is 3.41. The van der Waals surface area contributed by atoms with Gasteiger partial charge < -0.3 is 10.1 Å². The molecule has 2 aromatic rings. The van der Waals surface area contributed by atoms with Gasteiger partial charge in [-0.15, -0.1) is 0 Å². The summed E-state index contributed by atoms with van der Waals surface area (Å²) in [4.78, 5) is 24.7. The summed E-state index contributed by atoms with van der Waals surface area (Å²) in [5.41, 5.74) is 5.34. The molecule has 3 rings (SSSR count). The normalized spacial score (nSPS) is 14.9. The fraction of sp³-hybridized carbons (Fsp3) is 0.348.